The summed E-state index contributed by atoms with van der Waals surface area (Å²) in [4.78, 5) is 3.34. The van der Waals surface area contributed by atoms with E-state index in [2.05, 4.69) is 42.3 Å². The predicted molar refractivity (Wildman–Crippen MR) is 146 cm³/mol. The molecule has 7 nitrogen and oxygen atoms in total. The molecule has 0 fully saturated rings. The highest BCUT2D eigenvalue weighted by Gasteiger charge is 2.18. The third-order valence-electron chi connectivity index (χ3n) is 7.06. The molecule has 0 unspecified atom stereocenters. The number of nitrogens with one attached hydrogen (secondary N) is 2. The SMILES string of the molecule is CCCCc1ccc(CCc2ccc(O)c(OC[C@H](NC)c3cc([C@H](C)CC[C@H](O)[C@H](C)O)c[nH]3)c2)o1. The van der Waals surface area contributed by atoms with Gasteiger partial charge in [-0.2, -0.15) is 0 Å². The lowest BCUT2D eigenvalue weighted by Crippen LogP contribution is -2.23. The number of aromatic amines is 1. The molecule has 0 aliphatic carbocycles. The first kappa shape index (κ1) is 28.8. The van der Waals surface area contributed by atoms with Crippen LogP contribution in [0.4, 0.5) is 0 Å². The van der Waals surface area contributed by atoms with Crippen molar-refractivity contribution >= 4 is 0 Å². The van der Waals surface area contributed by atoms with Gasteiger partial charge in [-0.15, -0.1) is 0 Å². The fourth-order valence-electron chi connectivity index (χ4n) is 4.38. The maximum absolute atomic E-state index is 10.4. The minimum Gasteiger partial charge on any atom is -0.504 e. The summed E-state index contributed by atoms with van der Waals surface area (Å²) in [7, 11) is 1.88. The molecule has 204 valence electrons. The minimum absolute atomic E-state index is 0.0864. The molecule has 0 spiro atoms. The fourth-order valence-corrected chi connectivity index (χ4v) is 4.38. The van der Waals surface area contributed by atoms with Crippen molar-refractivity contribution in [3.8, 4) is 11.5 Å². The summed E-state index contributed by atoms with van der Waals surface area (Å²) in [6, 6.07) is 11.7. The number of aryl methyl sites for hydroxylation is 3. The Morgan fingerprint density at radius 1 is 1.00 bits per heavy atom. The van der Waals surface area contributed by atoms with E-state index in [4.69, 9.17) is 9.15 Å². The number of aromatic nitrogens is 1. The average molecular weight is 513 g/mol. The average Bonchev–Trinajstić information content (AvgIpc) is 3.56. The number of benzene rings is 1. The number of ether oxygens (including phenoxy) is 1. The number of furan rings is 1. The first-order valence-corrected chi connectivity index (χ1v) is 13.5. The lowest BCUT2D eigenvalue weighted by molar-refractivity contribution is 0.0242. The number of unbranched alkanes of at least 4 members (excludes halogenated alkanes) is 1. The van der Waals surface area contributed by atoms with Gasteiger partial charge in [-0.1, -0.05) is 26.3 Å². The van der Waals surface area contributed by atoms with Crippen LogP contribution in [0.1, 0.15) is 86.8 Å². The number of aromatic hydroxyl groups is 1. The van der Waals surface area contributed by atoms with E-state index >= 15 is 0 Å². The topological polar surface area (TPSA) is 111 Å². The molecule has 0 saturated heterocycles. The van der Waals surface area contributed by atoms with E-state index in [-0.39, 0.29) is 17.7 Å². The van der Waals surface area contributed by atoms with E-state index in [1.807, 2.05) is 25.4 Å². The third-order valence-corrected chi connectivity index (χ3v) is 7.06. The number of rotatable bonds is 16. The van der Waals surface area contributed by atoms with Crippen LogP contribution in [0.25, 0.3) is 0 Å². The van der Waals surface area contributed by atoms with Crippen LogP contribution in [0.5, 0.6) is 11.5 Å². The van der Waals surface area contributed by atoms with E-state index < -0.39 is 12.2 Å². The zero-order valence-corrected chi connectivity index (χ0v) is 22.7. The van der Waals surface area contributed by atoms with Crippen LogP contribution in [-0.4, -0.2) is 46.2 Å². The van der Waals surface area contributed by atoms with Gasteiger partial charge in [0.05, 0.1) is 18.2 Å². The molecule has 2 heterocycles. The second kappa shape index (κ2) is 14.3. The molecule has 0 amide bonds. The Labute approximate surface area is 220 Å². The van der Waals surface area contributed by atoms with Gasteiger partial charge in [0.25, 0.3) is 0 Å². The van der Waals surface area contributed by atoms with Crippen LogP contribution in [0.3, 0.4) is 0 Å². The summed E-state index contributed by atoms with van der Waals surface area (Å²) in [6.45, 7) is 6.25. The molecule has 7 heteroatoms. The van der Waals surface area contributed by atoms with Crippen LogP contribution in [0.2, 0.25) is 0 Å². The molecule has 2 aromatic heterocycles. The predicted octanol–water partition coefficient (Wildman–Crippen LogP) is 5.41. The van der Waals surface area contributed by atoms with Crippen molar-refractivity contribution in [3.63, 3.8) is 0 Å². The maximum Gasteiger partial charge on any atom is 0.161 e. The van der Waals surface area contributed by atoms with Crippen molar-refractivity contribution in [2.75, 3.05) is 13.7 Å². The Morgan fingerprint density at radius 3 is 2.46 bits per heavy atom. The van der Waals surface area contributed by atoms with Crippen LogP contribution >= 0.6 is 0 Å². The second-order valence-corrected chi connectivity index (χ2v) is 10.1. The maximum atomic E-state index is 10.4. The highest BCUT2D eigenvalue weighted by atomic mass is 16.5. The molecule has 5 N–H and O–H groups in total. The number of likely N-dealkylation sites (N-methyl/N-ethyl adjacent to an activating group) is 1. The van der Waals surface area contributed by atoms with Gasteiger partial charge in [0.1, 0.15) is 18.1 Å². The number of phenols is 1. The number of H-pyrrole nitrogens is 1. The summed E-state index contributed by atoms with van der Waals surface area (Å²) >= 11 is 0. The lowest BCUT2D eigenvalue weighted by atomic mass is 9.95. The molecular weight excluding hydrogens is 468 g/mol. The molecule has 3 aromatic rings. The van der Waals surface area contributed by atoms with Crippen molar-refractivity contribution in [1.29, 1.82) is 0 Å². The number of hydrogen-bond acceptors (Lipinski definition) is 6. The second-order valence-electron chi connectivity index (χ2n) is 10.1. The zero-order valence-electron chi connectivity index (χ0n) is 22.7. The fraction of sp³-hybridized carbons (Fsp3) is 0.533. The first-order valence-electron chi connectivity index (χ1n) is 13.5. The quantitative estimate of drug-likeness (QED) is 0.176. The summed E-state index contributed by atoms with van der Waals surface area (Å²) in [5.74, 6) is 2.86. The largest absolute Gasteiger partial charge is 0.504 e. The van der Waals surface area contributed by atoms with Gasteiger partial charge in [0, 0.05) is 24.7 Å². The molecule has 37 heavy (non-hydrogen) atoms. The van der Waals surface area contributed by atoms with Crippen molar-refractivity contribution < 1.29 is 24.5 Å². The van der Waals surface area contributed by atoms with Crippen LogP contribution in [0, 0.1) is 0 Å². The van der Waals surface area contributed by atoms with Crippen molar-refractivity contribution in [2.45, 2.75) is 89.9 Å². The van der Waals surface area contributed by atoms with E-state index in [0.717, 1.165) is 66.9 Å². The summed E-state index contributed by atoms with van der Waals surface area (Å²) < 4.78 is 12.0. The molecule has 0 radical (unpaired) electrons. The molecule has 0 bridgehead atoms. The molecule has 3 rings (SSSR count). The number of phenolic OH excluding ortho intramolecular Hbond substituents is 1. The van der Waals surface area contributed by atoms with Gasteiger partial charge in [-0.05, 0) is 87.0 Å². The highest BCUT2D eigenvalue weighted by molar-refractivity contribution is 5.42. The zero-order chi connectivity index (χ0) is 26.8. The number of aliphatic hydroxyl groups is 2. The normalized spacial score (nSPS) is 14.9. The van der Waals surface area contributed by atoms with Crippen molar-refractivity contribution in [2.24, 2.45) is 0 Å². The third kappa shape index (κ3) is 8.66. The van der Waals surface area contributed by atoms with Gasteiger partial charge >= 0.3 is 0 Å². The van der Waals surface area contributed by atoms with Crippen molar-refractivity contribution in [1.82, 2.24) is 10.3 Å². The van der Waals surface area contributed by atoms with Gasteiger partial charge in [-0.25, -0.2) is 0 Å². The Bertz CT molecular complexity index is 1070. The molecular formula is C30H44N2O5. The van der Waals surface area contributed by atoms with Gasteiger partial charge in [-0.3, -0.25) is 0 Å². The Hall–Kier alpha value is -2.74. The summed E-state index contributed by atoms with van der Waals surface area (Å²) in [6.07, 6.45) is 6.76. The van der Waals surface area contributed by atoms with Gasteiger partial charge < -0.3 is 34.8 Å². The smallest absolute Gasteiger partial charge is 0.161 e. The van der Waals surface area contributed by atoms with E-state index in [1.54, 1.807) is 13.0 Å². The van der Waals surface area contributed by atoms with E-state index in [1.165, 1.54) is 0 Å². The molecule has 0 saturated carbocycles. The molecule has 0 aliphatic heterocycles. The lowest BCUT2D eigenvalue weighted by Gasteiger charge is -2.17. The Morgan fingerprint density at radius 2 is 1.76 bits per heavy atom. The summed E-state index contributed by atoms with van der Waals surface area (Å²) in [5, 5.41) is 33.0. The number of aliphatic hydroxyl groups excluding tert-OH is 2. The Kier molecular flexibility index (Phi) is 11.1. The first-order chi connectivity index (χ1) is 17.8. The standard InChI is InChI=1S/C30H44N2O5/c1-5-6-7-24-12-13-25(37-24)11-9-22-10-15-29(35)30(16-22)36-19-27(31-4)26-17-23(18-32-26)20(2)8-14-28(34)21(3)33/h10,12-13,15-18,20-21,27-28,31-35H,5-9,11,14,19H2,1-4H3/t20-,21+,27+,28+/m1/s1. The molecule has 4 atom stereocenters. The van der Waals surface area contributed by atoms with Gasteiger partial charge in [0.15, 0.2) is 11.5 Å². The summed E-state index contributed by atoms with van der Waals surface area (Å²) in [5.41, 5.74) is 3.22. The monoisotopic (exact) mass is 512 g/mol. The van der Waals surface area contributed by atoms with Crippen molar-refractivity contribution in [3.05, 3.63) is 70.9 Å². The van der Waals surface area contributed by atoms with Crippen LogP contribution in [-0.2, 0) is 19.3 Å². The molecule has 0 aliphatic rings. The van der Waals surface area contributed by atoms with Crippen LogP contribution in [0.15, 0.2) is 47.0 Å². The van der Waals surface area contributed by atoms with Crippen LogP contribution < -0.4 is 10.1 Å². The minimum atomic E-state index is -0.719. The molecule has 1 aromatic carbocycles. The Balaban J connectivity index is 1.55. The highest BCUT2D eigenvalue weighted by Crippen LogP contribution is 2.30. The number of hydrogen-bond donors (Lipinski definition) is 5. The van der Waals surface area contributed by atoms with E-state index in [9.17, 15) is 15.3 Å². The van der Waals surface area contributed by atoms with E-state index in [0.29, 0.717) is 18.8 Å². The van der Waals surface area contributed by atoms with Gasteiger partial charge in [0.2, 0.25) is 0 Å².